The lowest BCUT2D eigenvalue weighted by Crippen LogP contribution is -2.35. The summed E-state index contributed by atoms with van der Waals surface area (Å²) in [6.07, 6.45) is 4.88. The predicted octanol–water partition coefficient (Wildman–Crippen LogP) is 4.44. The summed E-state index contributed by atoms with van der Waals surface area (Å²) in [5.74, 6) is 1.35. The lowest BCUT2D eigenvalue weighted by molar-refractivity contribution is 0.181. The molecule has 0 aromatic heterocycles. The summed E-state index contributed by atoms with van der Waals surface area (Å²) in [6.45, 7) is 11.0. The molecule has 1 heterocycles. The number of likely N-dealkylation sites (tertiary alicyclic amines) is 1. The van der Waals surface area contributed by atoms with Gasteiger partial charge in [-0.1, -0.05) is 32.9 Å². The van der Waals surface area contributed by atoms with E-state index in [9.17, 15) is 4.79 Å². The molecule has 0 aliphatic carbocycles. The van der Waals surface area contributed by atoms with E-state index < -0.39 is 0 Å². The second-order valence-electron chi connectivity index (χ2n) is 7.41. The molecule has 2 amide bonds. The molecule has 0 radical (unpaired) electrons. The molecule has 1 aliphatic rings. The highest BCUT2D eigenvalue weighted by Crippen LogP contribution is 2.17. The molecule has 0 unspecified atom stereocenters. The van der Waals surface area contributed by atoms with Crippen molar-refractivity contribution in [1.29, 1.82) is 0 Å². The fourth-order valence-corrected chi connectivity index (χ4v) is 3.28. The minimum Gasteiger partial charge on any atom is -0.338 e. The van der Waals surface area contributed by atoms with E-state index in [1.54, 1.807) is 0 Å². The van der Waals surface area contributed by atoms with Gasteiger partial charge in [-0.3, -0.25) is 0 Å². The van der Waals surface area contributed by atoms with E-state index in [1.165, 1.54) is 31.5 Å². The maximum absolute atomic E-state index is 11.9. The molecule has 1 aromatic rings. The summed E-state index contributed by atoms with van der Waals surface area (Å²) in [7, 11) is 0. The van der Waals surface area contributed by atoms with Crippen molar-refractivity contribution < 1.29 is 4.79 Å². The Morgan fingerprint density at radius 1 is 1.25 bits per heavy atom. The third kappa shape index (κ3) is 6.52. The Morgan fingerprint density at radius 2 is 2.00 bits per heavy atom. The topological polar surface area (TPSA) is 44.4 Å². The van der Waals surface area contributed by atoms with E-state index in [0.717, 1.165) is 37.5 Å². The SMILES string of the molecule is CC(C)c1ccc(NC(=O)NCCCCN2CCC[C@@H](C)C2)cc1. The van der Waals surface area contributed by atoms with Crippen LogP contribution in [-0.2, 0) is 0 Å². The third-order valence-electron chi connectivity index (χ3n) is 4.76. The van der Waals surface area contributed by atoms with Crippen molar-refractivity contribution >= 4 is 11.7 Å². The average Bonchev–Trinajstić information content (AvgIpc) is 2.55. The molecule has 0 spiro atoms. The van der Waals surface area contributed by atoms with E-state index >= 15 is 0 Å². The number of nitrogens with one attached hydrogen (secondary N) is 2. The number of amides is 2. The Kier molecular flexibility index (Phi) is 7.57. The van der Waals surface area contributed by atoms with Gasteiger partial charge in [0.05, 0.1) is 0 Å². The predicted molar refractivity (Wildman–Crippen MR) is 102 cm³/mol. The first-order valence-corrected chi connectivity index (χ1v) is 9.41. The smallest absolute Gasteiger partial charge is 0.319 e. The first-order valence-electron chi connectivity index (χ1n) is 9.41. The van der Waals surface area contributed by atoms with Crippen molar-refractivity contribution in [3.8, 4) is 0 Å². The van der Waals surface area contributed by atoms with Crippen molar-refractivity contribution in [2.75, 3.05) is 31.5 Å². The molecular formula is C20H33N3O. The minimum atomic E-state index is -0.112. The monoisotopic (exact) mass is 331 g/mol. The molecule has 2 N–H and O–H groups in total. The van der Waals surface area contributed by atoms with Crippen molar-refractivity contribution in [3.05, 3.63) is 29.8 Å². The first kappa shape index (κ1) is 18.8. The summed E-state index contributed by atoms with van der Waals surface area (Å²) < 4.78 is 0. The number of urea groups is 1. The number of nitrogens with zero attached hydrogens (tertiary/aromatic N) is 1. The van der Waals surface area contributed by atoms with E-state index in [2.05, 4.69) is 48.4 Å². The van der Waals surface area contributed by atoms with Gasteiger partial charge in [0.2, 0.25) is 0 Å². The zero-order valence-corrected chi connectivity index (χ0v) is 15.5. The van der Waals surface area contributed by atoms with Gasteiger partial charge in [-0.15, -0.1) is 0 Å². The van der Waals surface area contributed by atoms with E-state index in [4.69, 9.17) is 0 Å². The van der Waals surface area contributed by atoms with Crippen molar-refractivity contribution in [2.24, 2.45) is 5.92 Å². The van der Waals surface area contributed by atoms with Crippen molar-refractivity contribution in [1.82, 2.24) is 10.2 Å². The van der Waals surface area contributed by atoms with Gasteiger partial charge in [0.1, 0.15) is 0 Å². The molecule has 4 nitrogen and oxygen atoms in total. The van der Waals surface area contributed by atoms with Crippen molar-refractivity contribution in [2.45, 2.75) is 52.4 Å². The zero-order valence-electron chi connectivity index (χ0n) is 15.5. The zero-order chi connectivity index (χ0) is 17.4. The van der Waals surface area contributed by atoms with Gasteiger partial charge in [0.25, 0.3) is 0 Å². The van der Waals surface area contributed by atoms with Crippen LogP contribution in [0.4, 0.5) is 10.5 Å². The average molecular weight is 332 g/mol. The Morgan fingerprint density at radius 3 is 2.67 bits per heavy atom. The maximum Gasteiger partial charge on any atom is 0.319 e. The Bertz CT molecular complexity index is 498. The number of benzene rings is 1. The van der Waals surface area contributed by atoms with E-state index in [-0.39, 0.29) is 6.03 Å². The third-order valence-corrected chi connectivity index (χ3v) is 4.76. The first-order chi connectivity index (χ1) is 11.5. The highest BCUT2D eigenvalue weighted by atomic mass is 16.2. The van der Waals surface area contributed by atoms with Crippen LogP contribution in [0.2, 0.25) is 0 Å². The summed E-state index contributed by atoms with van der Waals surface area (Å²) in [5.41, 5.74) is 2.13. The molecular weight excluding hydrogens is 298 g/mol. The lowest BCUT2D eigenvalue weighted by Gasteiger charge is -2.30. The van der Waals surface area contributed by atoms with Crippen LogP contribution in [0.1, 0.15) is 57.9 Å². The molecule has 4 heteroatoms. The fraction of sp³-hybridized carbons (Fsp3) is 0.650. The molecule has 24 heavy (non-hydrogen) atoms. The van der Waals surface area contributed by atoms with Crippen LogP contribution in [0.25, 0.3) is 0 Å². The van der Waals surface area contributed by atoms with Crippen LogP contribution < -0.4 is 10.6 Å². The molecule has 1 fully saturated rings. The molecule has 1 saturated heterocycles. The van der Waals surface area contributed by atoms with Crippen LogP contribution in [0, 0.1) is 5.92 Å². The number of anilines is 1. The number of rotatable bonds is 7. The van der Waals surface area contributed by atoms with E-state index in [1.807, 2.05) is 12.1 Å². The van der Waals surface area contributed by atoms with Gasteiger partial charge in [0, 0.05) is 18.8 Å². The molecule has 1 aliphatic heterocycles. The second-order valence-corrected chi connectivity index (χ2v) is 7.41. The van der Waals surface area contributed by atoms with Crippen LogP contribution >= 0.6 is 0 Å². The number of unbranched alkanes of at least 4 members (excludes halogenated alkanes) is 1. The largest absolute Gasteiger partial charge is 0.338 e. The Hall–Kier alpha value is -1.55. The summed E-state index contributed by atoms with van der Waals surface area (Å²) in [5, 5.41) is 5.84. The Labute approximate surface area is 147 Å². The summed E-state index contributed by atoms with van der Waals surface area (Å²) in [4.78, 5) is 14.5. The van der Waals surface area contributed by atoms with Gasteiger partial charge in [0.15, 0.2) is 0 Å². The molecule has 2 rings (SSSR count). The maximum atomic E-state index is 11.9. The van der Waals surface area contributed by atoms with Gasteiger partial charge in [-0.05, 0) is 68.3 Å². The normalized spacial score (nSPS) is 18.6. The molecule has 0 bridgehead atoms. The minimum absolute atomic E-state index is 0.112. The van der Waals surface area contributed by atoms with Gasteiger partial charge >= 0.3 is 6.03 Å². The number of hydrogen-bond donors (Lipinski definition) is 2. The molecule has 134 valence electrons. The molecule has 0 saturated carbocycles. The van der Waals surface area contributed by atoms with Crippen molar-refractivity contribution in [3.63, 3.8) is 0 Å². The van der Waals surface area contributed by atoms with E-state index in [0.29, 0.717) is 5.92 Å². The fourth-order valence-electron chi connectivity index (χ4n) is 3.28. The number of carbonyl (C=O) groups excluding carboxylic acids is 1. The van der Waals surface area contributed by atoms with Gasteiger partial charge in [-0.2, -0.15) is 0 Å². The van der Waals surface area contributed by atoms with Gasteiger partial charge < -0.3 is 15.5 Å². The van der Waals surface area contributed by atoms with Crippen LogP contribution in [0.15, 0.2) is 24.3 Å². The van der Waals surface area contributed by atoms with Crippen LogP contribution in [0.5, 0.6) is 0 Å². The lowest BCUT2D eigenvalue weighted by atomic mass is 10.0. The number of hydrogen-bond acceptors (Lipinski definition) is 2. The highest BCUT2D eigenvalue weighted by Gasteiger charge is 2.15. The summed E-state index contributed by atoms with van der Waals surface area (Å²) in [6, 6.07) is 7.96. The standard InChI is InChI=1S/C20H33N3O/c1-16(2)18-8-10-19(11-9-18)22-20(24)21-12-4-5-13-23-14-6-7-17(3)15-23/h8-11,16-17H,4-7,12-15H2,1-3H3,(H2,21,22,24)/t17-/m1/s1. The summed E-state index contributed by atoms with van der Waals surface area (Å²) >= 11 is 0. The second kappa shape index (κ2) is 9.67. The highest BCUT2D eigenvalue weighted by molar-refractivity contribution is 5.89. The molecule has 1 aromatic carbocycles. The van der Waals surface area contributed by atoms with Crippen LogP contribution in [0.3, 0.4) is 0 Å². The number of carbonyl (C=O) groups is 1. The van der Waals surface area contributed by atoms with Crippen LogP contribution in [-0.4, -0.2) is 37.1 Å². The quantitative estimate of drug-likeness (QED) is 0.725. The Balaban J connectivity index is 1.58. The van der Waals surface area contributed by atoms with Gasteiger partial charge in [-0.25, -0.2) is 4.79 Å². The number of piperidine rings is 1. The molecule has 1 atom stereocenters.